The molecule has 1 aliphatic rings. The molecular weight excluding hydrogens is 396 g/mol. The fraction of sp³-hybridized carbons (Fsp3) is 0.550. The molecule has 0 atom stereocenters. The molecule has 1 amide bonds. The van der Waals surface area contributed by atoms with E-state index in [1.54, 1.807) is 0 Å². The van der Waals surface area contributed by atoms with E-state index in [1.807, 2.05) is 20.8 Å². The number of hydrogen-bond donors (Lipinski definition) is 0. The Morgan fingerprint density at radius 1 is 1.00 bits per heavy atom. The molecule has 1 fully saturated rings. The third-order valence-electron chi connectivity index (χ3n) is 4.52. The van der Waals surface area contributed by atoms with Crippen LogP contribution in [0.1, 0.15) is 44.5 Å². The van der Waals surface area contributed by atoms with E-state index in [0.29, 0.717) is 5.56 Å². The van der Waals surface area contributed by atoms with Crippen LogP contribution in [0.2, 0.25) is 0 Å². The summed E-state index contributed by atoms with van der Waals surface area (Å²) in [5.41, 5.74) is 0.225. The van der Waals surface area contributed by atoms with Crippen LogP contribution in [0.15, 0.2) is 29.2 Å². The molecule has 0 saturated carbocycles. The number of sulfonamides is 1. The fourth-order valence-corrected chi connectivity index (χ4v) is 4.33. The van der Waals surface area contributed by atoms with E-state index in [4.69, 9.17) is 4.74 Å². The normalized spacial score (nSPS) is 15.8. The smallest absolute Gasteiger partial charge is 0.306 e. The Morgan fingerprint density at radius 2 is 1.55 bits per heavy atom. The summed E-state index contributed by atoms with van der Waals surface area (Å²) in [6.07, 6.45) is 0.217. The average molecular weight is 425 g/mol. The summed E-state index contributed by atoms with van der Waals surface area (Å²) in [5.74, 6) is -0.902. The van der Waals surface area contributed by atoms with Crippen LogP contribution in [0.5, 0.6) is 0 Å². The number of Topliss-reactive ketones (excluding diaryl/α,β-unsaturated/α-hetero) is 1. The number of ether oxygens (including phenoxy) is 1. The zero-order valence-electron chi connectivity index (χ0n) is 17.3. The van der Waals surface area contributed by atoms with Gasteiger partial charge in [-0.2, -0.15) is 4.31 Å². The van der Waals surface area contributed by atoms with E-state index in [1.165, 1.54) is 40.4 Å². The van der Waals surface area contributed by atoms with Gasteiger partial charge in [-0.25, -0.2) is 8.42 Å². The van der Waals surface area contributed by atoms with Gasteiger partial charge in [0, 0.05) is 31.7 Å². The Bertz CT molecular complexity index is 863. The van der Waals surface area contributed by atoms with Crippen molar-refractivity contribution < 1.29 is 27.5 Å². The first-order valence-corrected chi connectivity index (χ1v) is 10.9. The van der Waals surface area contributed by atoms with Gasteiger partial charge in [0.05, 0.1) is 11.3 Å². The highest BCUT2D eigenvalue weighted by Gasteiger charge is 2.30. The number of carbonyl (C=O) groups excluding carboxylic acids is 3. The predicted octanol–water partition coefficient (Wildman–Crippen LogP) is 1.70. The summed E-state index contributed by atoms with van der Waals surface area (Å²) in [5, 5.41) is 0. The predicted molar refractivity (Wildman–Crippen MR) is 107 cm³/mol. The van der Waals surface area contributed by atoms with Gasteiger partial charge in [0.25, 0.3) is 5.91 Å². The van der Waals surface area contributed by atoms with Gasteiger partial charge in [-0.05, 0) is 24.5 Å². The highest BCUT2D eigenvalue weighted by Crippen LogP contribution is 2.20. The summed E-state index contributed by atoms with van der Waals surface area (Å²) < 4.78 is 31.9. The average Bonchev–Trinajstić information content (AvgIpc) is 2.65. The first-order valence-electron chi connectivity index (χ1n) is 9.45. The molecule has 1 saturated heterocycles. The van der Waals surface area contributed by atoms with Crippen molar-refractivity contribution in [3.63, 3.8) is 0 Å². The van der Waals surface area contributed by atoms with Crippen molar-refractivity contribution in [2.75, 3.05) is 32.8 Å². The summed E-state index contributed by atoms with van der Waals surface area (Å²) >= 11 is 0. The maximum Gasteiger partial charge on any atom is 0.306 e. The van der Waals surface area contributed by atoms with Gasteiger partial charge in [-0.3, -0.25) is 14.4 Å². The lowest BCUT2D eigenvalue weighted by atomic mass is 9.92. The maximum atomic E-state index is 12.8. The molecule has 8 nitrogen and oxygen atoms in total. The molecule has 1 aliphatic heterocycles. The zero-order chi connectivity index (χ0) is 21.8. The molecule has 0 radical (unpaired) electrons. The van der Waals surface area contributed by atoms with Crippen LogP contribution in [0.25, 0.3) is 0 Å². The van der Waals surface area contributed by atoms with Crippen molar-refractivity contribution in [3.05, 3.63) is 29.8 Å². The molecule has 2 rings (SSSR count). The van der Waals surface area contributed by atoms with Crippen molar-refractivity contribution in [1.82, 2.24) is 9.21 Å². The van der Waals surface area contributed by atoms with Crippen LogP contribution in [0.4, 0.5) is 0 Å². The SMILES string of the molecule is CC(=O)c1ccc(S(=O)(=O)N2CCN(C(=O)COC(=O)CC(C)(C)C)CC2)cc1. The van der Waals surface area contributed by atoms with Gasteiger partial charge < -0.3 is 9.64 Å². The van der Waals surface area contributed by atoms with Crippen LogP contribution in [-0.2, 0) is 24.3 Å². The summed E-state index contributed by atoms with van der Waals surface area (Å²) in [6.45, 7) is 7.54. The first-order chi connectivity index (χ1) is 13.4. The van der Waals surface area contributed by atoms with E-state index >= 15 is 0 Å². The number of benzene rings is 1. The molecule has 160 valence electrons. The number of piperazine rings is 1. The van der Waals surface area contributed by atoms with Crippen molar-refractivity contribution in [2.24, 2.45) is 5.41 Å². The summed E-state index contributed by atoms with van der Waals surface area (Å²) in [4.78, 5) is 36.9. The third-order valence-corrected chi connectivity index (χ3v) is 6.43. The Morgan fingerprint density at radius 3 is 2.03 bits per heavy atom. The summed E-state index contributed by atoms with van der Waals surface area (Å²) in [6, 6.07) is 5.80. The number of hydrogen-bond acceptors (Lipinski definition) is 6. The second-order valence-electron chi connectivity index (χ2n) is 8.26. The lowest BCUT2D eigenvalue weighted by molar-refractivity contribution is -0.154. The fourth-order valence-electron chi connectivity index (χ4n) is 2.91. The van der Waals surface area contributed by atoms with Crippen LogP contribution >= 0.6 is 0 Å². The first kappa shape index (κ1) is 23.0. The maximum absolute atomic E-state index is 12.8. The number of nitrogens with zero attached hydrogens (tertiary/aromatic N) is 2. The van der Waals surface area contributed by atoms with Crippen LogP contribution in [-0.4, -0.2) is 68.1 Å². The highest BCUT2D eigenvalue weighted by atomic mass is 32.2. The van der Waals surface area contributed by atoms with Crippen LogP contribution in [0.3, 0.4) is 0 Å². The number of amides is 1. The highest BCUT2D eigenvalue weighted by molar-refractivity contribution is 7.89. The molecule has 0 aliphatic carbocycles. The van der Waals surface area contributed by atoms with E-state index in [0.717, 1.165) is 0 Å². The van der Waals surface area contributed by atoms with Crippen LogP contribution in [0, 0.1) is 5.41 Å². The van der Waals surface area contributed by atoms with Crippen molar-refractivity contribution >= 4 is 27.7 Å². The molecule has 0 bridgehead atoms. The molecule has 0 spiro atoms. The number of carbonyl (C=O) groups is 3. The minimum atomic E-state index is -3.70. The second-order valence-corrected chi connectivity index (χ2v) is 10.2. The third kappa shape index (κ3) is 6.37. The van der Waals surface area contributed by atoms with E-state index in [-0.39, 0.29) is 61.2 Å². The lowest BCUT2D eigenvalue weighted by Crippen LogP contribution is -2.51. The number of esters is 1. The van der Waals surface area contributed by atoms with Crippen molar-refractivity contribution in [2.45, 2.75) is 39.0 Å². The van der Waals surface area contributed by atoms with Crippen molar-refractivity contribution in [1.29, 1.82) is 0 Å². The van der Waals surface area contributed by atoms with Crippen molar-refractivity contribution in [3.8, 4) is 0 Å². The molecule has 9 heteroatoms. The van der Waals surface area contributed by atoms with E-state index < -0.39 is 16.0 Å². The molecule has 1 aromatic carbocycles. The van der Waals surface area contributed by atoms with Gasteiger partial charge in [0.2, 0.25) is 10.0 Å². The largest absolute Gasteiger partial charge is 0.456 e. The second kappa shape index (κ2) is 9.04. The minimum absolute atomic E-state index is 0.110. The standard InChI is InChI=1S/C20H28N2O6S/c1-15(23)16-5-7-17(8-6-16)29(26,27)22-11-9-21(10-12-22)18(24)14-28-19(25)13-20(2,3)4/h5-8H,9-14H2,1-4H3. The number of ketones is 1. The van der Waals surface area contributed by atoms with Gasteiger partial charge in [0.15, 0.2) is 12.4 Å². The molecular formula is C20H28N2O6S. The molecule has 0 unspecified atom stereocenters. The number of rotatable bonds is 6. The molecule has 0 aromatic heterocycles. The Labute approximate surface area is 171 Å². The molecule has 1 aromatic rings. The van der Waals surface area contributed by atoms with Gasteiger partial charge in [-0.15, -0.1) is 0 Å². The Hall–Kier alpha value is -2.26. The zero-order valence-corrected chi connectivity index (χ0v) is 18.1. The minimum Gasteiger partial charge on any atom is -0.456 e. The van der Waals surface area contributed by atoms with Crippen LogP contribution < -0.4 is 0 Å². The quantitative estimate of drug-likeness (QED) is 0.509. The Balaban J connectivity index is 1.89. The van der Waals surface area contributed by atoms with Gasteiger partial charge in [0.1, 0.15) is 0 Å². The monoisotopic (exact) mass is 424 g/mol. The summed E-state index contributed by atoms with van der Waals surface area (Å²) in [7, 11) is -3.70. The molecule has 29 heavy (non-hydrogen) atoms. The van der Waals surface area contributed by atoms with E-state index in [2.05, 4.69) is 0 Å². The van der Waals surface area contributed by atoms with Gasteiger partial charge >= 0.3 is 5.97 Å². The lowest BCUT2D eigenvalue weighted by Gasteiger charge is -2.34. The topological polar surface area (TPSA) is 101 Å². The van der Waals surface area contributed by atoms with Gasteiger partial charge in [-0.1, -0.05) is 32.9 Å². The van der Waals surface area contributed by atoms with E-state index in [9.17, 15) is 22.8 Å². The Kier molecular flexibility index (Phi) is 7.18. The molecule has 1 heterocycles. The molecule has 0 N–H and O–H groups in total.